The molecular weight excluding hydrogens is 375 g/mol. The third kappa shape index (κ3) is 3.98. The molecule has 1 heterocycles. The van der Waals surface area contributed by atoms with Crippen LogP contribution in [0.15, 0.2) is 24.3 Å². The number of carbonyl (C=O) groups is 2. The van der Waals surface area contributed by atoms with Crippen LogP contribution in [0, 0.1) is 0 Å². The van der Waals surface area contributed by atoms with E-state index in [1.165, 1.54) is 26.3 Å². The molecule has 0 aliphatic heterocycles. The van der Waals surface area contributed by atoms with Gasteiger partial charge < -0.3 is 10.1 Å². The highest BCUT2D eigenvalue weighted by Crippen LogP contribution is 2.34. The molecule has 0 spiro atoms. The summed E-state index contributed by atoms with van der Waals surface area (Å²) in [7, 11) is 2.46. The molecule has 1 N–H and O–H groups in total. The highest BCUT2D eigenvalue weighted by atomic mass is 35.5. The lowest BCUT2D eigenvalue weighted by atomic mass is 10.1. The van der Waals surface area contributed by atoms with Crippen molar-refractivity contribution in [3.05, 3.63) is 51.8 Å². The lowest BCUT2D eigenvalue weighted by Crippen LogP contribution is -2.28. The van der Waals surface area contributed by atoms with Crippen LogP contribution < -0.4 is 5.32 Å². The summed E-state index contributed by atoms with van der Waals surface area (Å²) in [5, 5.41) is 5.31. The minimum atomic E-state index is -4.82. The number of esters is 1. The van der Waals surface area contributed by atoms with Gasteiger partial charge in [0.25, 0.3) is 5.91 Å². The summed E-state index contributed by atoms with van der Waals surface area (Å²) in [6.45, 7) is 1.59. The van der Waals surface area contributed by atoms with E-state index in [0.717, 1.165) is 4.68 Å². The van der Waals surface area contributed by atoms with Crippen LogP contribution in [0.2, 0.25) is 5.15 Å². The van der Waals surface area contributed by atoms with Gasteiger partial charge in [0.2, 0.25) is 0 Å². The number of ether oxygens (including phenoxy) is 1. The SMILES string of the molecule is COC(=O)c1ccc([C@H](C)NC(=O)c2c(C(F)(F)F)nn(C)c2Cl)cc1. The Bertz CT molecular complexity index is 832. The van der Waals surface area contributed by atoms with Crippen LogP contribution >= 0.6 is 11.6 Å². The van der Waals surface area contributed by atoms with Crippen molar-refractivity contribution < 1.29 is 27.5 Å². The van der Waals surface area contributed by atoms with Gasteiger partial charge in [-0.05, 0) is 24.6 Å². The van der Waals surface area contributed by atoms with Crippen molar-refractivity contribution in [1.29, 1.82) is 0 Å². The number of aryl methyl sites for hydroxylation is 1. The maximum absolute atomic E-state index is 13.1. The molecule has 0 aliphatic rings. The second-order valence-corrected chi connectivity index (χ2v) is 5.80. The first-order valence-electron chi connectivity index (χ1n) is 7.35. The Hall–Kier alpha value is -2.55. The van der Waals surface area contributed by atoms with Gasteiger partial charge in [-0.25, -0.2) is 4.79 Å². The lowest BCUT2D eigenvalue weighted by Gasteiger charge is -2.15. The molecule has 1 amide bonds. The number of methoxy groups -OCH3 is 1. The Morgan fingerprint density at radius 2 is 1.85 bits per heavy atom. The molecule has 0 bridgehead atoms. The Morgan fingerprint density at radius 3 is 2.35 bits per heavy atom. The van der Waals surface area contributed by atoms with Gasteiger partial charge in [-0.15, -0.1) is 0 Å². The Balaban J connectivity index is 2.24. The van der Waals surface area contributed by atoms with E-state index in [0.29, 0.717) is 11.1 Å². The first-order valence-corrected chi connectivity index (χ1v) is 7.73. The summed E-state index contributed by atoms with van der Waals surface area (Å²) in [5.41, 5.74) is -1.19. The van der Waals surface area contributed by atoms with Gasteiger partial charge in [-0.1, -0.05) is 23.7 Å². The molecule has 140 valence electrons. The molecule has 0 fully saturated rings. The van der Waals surface area contributed by atoms with Gasteiger partial charge in [-0.3, -0.25) is 9.48 Å². The van der Waals surface area contributed by atoms with Gasteiger partial charge in [0, 0.05) is 7.05 Å². The zero-order valence-electron chi connectivity index (χ0n) is 14.0. The molecule has 2 aromatic rings. The van der Waals surface area contributed by atoms with E-state index in [2.05, 4.69) is 15.2 Å². The van der Waals surface area contributed by atoms with Gasteiger partial charge in [-0.2, -0.15) is 18.3 Å². The molecule has 0 aliphatic carbocycles. The summed E-state index contributed by atoms with van der Waals surface area (Å²) in [4.78, 5) is 23.7. The van der Waals surface area contributed by atoms with Gasteiger partial charge in [0.1, 0.15) is 10.7 Å². The van der Waals surface area contributed by atoms with Crippen LogP contribution in [0.4, 0.5) is 13.2 Å². The lowest BCUT2D eigenvalue weighted by molar-refractivity contribution is -0.141. The normalized spacial score (nSPS) is 12.6. The van der Waals surface area contributed by atoms with Crippen LogP contribution in [0.5, 0.6) is 0 Å². The Labute approximate surface area is 151 Å². The van der Waals surface area contributed by atoms with Crippen molar-refractivity contribution in [2.75, 3.05) is 7.11 Å². The van der Waals surface area contributed by atoms with Crippen molar-refractivity contribution >= 4 is 23.5 Å². The number of carbonyl (C=O) groups excluding carboxylic acids is 2. The van der Waals surface area contributed by atoms with Crippen LogP contribution in [-0.2, 0) is 18.0 Å². The van der Waals surface area contributed by atoms with Crippen molar-refractivity contribution in [2.45, 2.75) is 19.1 Å². The number of aromatic nitrogens is 2. The highest BCUT2D eigenvalue weighted by Gasteiger charge is 2.41. The summed E-state index contributed by atoms with van der Waals surface area (Å²) in [5.74, 6) is -1.52. The number of hydrogen-bond acceptors (Lipinski definition) is 4. The molecule has 1 aromatic carbocycles. The predicted molar refractivity (Wildman–Crippen MR) is 86.9 cm³/mol. The number of nitrogens with one attached hydrogen (secondary N) is 1. The fourth-order valence-electron chi connectivity index (χ4n) is 2.28. The van der Waals surface area contributed by atoms with E-state index < -0.39 is 40.5 Å². The molecule has 6 nitrogen and oxygen atoms in total. The van der Waals surface area contributed by atoms with Crippen molar-refractivity contribution in [1.82, 2.24) is 15.1 Å². The standard InChI is InChI=1S/C16H15ClF3N3O3/c1-8(9-4-6-10(7-5-9)15(25)26-3)21-14(24)11-12(16(18,19)20)22-23(2)13(11)17/h4-8H,1-3H3,(H,21,24)/t8-/m0/s1. The topological polar surface area (TPSA) is 73.2 Å². The molecule has 2 rings (SSSR count). The minimum Gasteiger partial charge on any atom is -0.465 e. The molecule has 10 heteroatoms. The summed E-state index contributed by atoms with van der Waals surface area (Å²) >= 11 is 5.80. The maximum atomic E-state index is 13.1. The van der Waals surface area contributed by atoms with Gasteiger partial charge in [0.05, 0.1) is 18.7 Å². The number of amides is 1. The van der Waals surface area contributed by atoms with Gasteiger partial charge >= 0.3 is 12.1 Å². The summed E-state index contributed by atoms with van der Waals surface area (Å²) in [6.07, 6.45) is -4.82. The Morgan fingerprint density at radius 1 is 1.27 bits per heavy atom. The van der Waals surface area contributed by atoms with E-state index in [1.807, 2.05) is 0 Å². The summed E-state index contributed by atoms with van der Waals surface area (Å²) < 4.78 is 44.5. The second-order valence-electron chi connectivity index (χ2n) is 5.44. The highest BCUT2D eigenvalue weighted by molar-refractivity contribution is 6.33. The average molecular weight is 390 g/mol. The third-order valence-electron chi connectivity index (χ3n) is 3.65. The number of benzene rings is 1. The Kier molecular flexibility index (Phi) is 5.60. The average Bonchev–Trinajstić information content (AvgIpc) is 2.89. The first kappa shape index (κ1) is 19.8. The van der Waals surface area contributed by atoms with Crippen LogP contribution in [0.3, 0.4) is 0 Å². The van der Waals surface area contributed by atoms with E-state index in [-0.39, 0.29) is 0 Å². The van der Waals surface area contributed by atoms with Crippen LogP contribution in [-0.4, -0.2) is 28.8 Å². The maximum Gasteiger partial charge on any atom is 0.436 e. The number of rotatable bonds is 4. The fourth-order valence-corrected chi connectivity index (χ4v) is 2.49. The molecule has 0 saturated heterocycles. The van der Waals surface area contributed by atoms with Crippen molar-refractivity contribution in [3.63, 3.8) is 0 Å². The van der Waals surface area contributed by atoms with E-state index in [9.17, 15) is 22.8 Å². The first-order chi connectivity index (χ1) is 12.1. The van der Waals surface area contributed by atoms with E-state index in [1.54, 1.807) is 19.1 Å². The largest absolute Gasteiger partial charge is 0.465 e. The smallest absolute Gasteiger partial charge is 0.436 e. The fraction of sp³-hybridized carbons (Fsp3) is 0.312. The van der Waals surface area contributed by atoms with Crippen LogP contribution in [0.25, 0.3) is 0 Å². The second kappa shape index (κ2) is 7.36. The van der Waals surface area contributed by atoms with Gasteiger partial charge in [0.15, 0.2) is 5.69 Å². The van der Waals surface area contributed by atoms with Crippen LogP contribution in [0.1, 0.15) is 44.9 Å². The van der Waals surface area contributed by atoms with Crippen molar-refractivity contribution in [2.24, 2.45) is 7.05 Å². The third-order valence-corrected chi connectivity index (χ3v) is 4.09. The zero-order chi connectivity index (χ0) is 19.6. The number of halogens is 4. The molecule has 0 radical (unpaired) electrons. The molecule has 1 aromatic heterocycles. The molecule has 0 unspecified atom stereocenters. The van der Waals surface area contributed by atoms with E-state index >= 15 is 0 Å². The molecule has 0 saturated carbocycles. The molecule has 1 atom stereocenters. The number of nitrogens with zero attached hydrogens (tertiary/aromatic N) is 2. The monoisotopic (exact) mass is 389 g/mol. The quantitative estimate of drug-likeness (QED) is 0.814. The number of hydrogen-bond donors (Lipinski definition) is 1. The summed E-state index contributed by atoms with van der Waals surface area (Å²) in [6, 6.07) is 5.47. The zero-order valence-corrected chi connectivity index (χ0v) is 14.8. The molecular formula is C16H15ClF3N3O3. The van der Waals surface area contributed by atoms with Crippen molar-refractivity contribution in [3.8, 4) is 0 Å². The van der Waals surface area contributed by atoms with E-state index in [4.69, 9.17) is 11.6 Å². The minimum absolute atomic E-state index is 0.310. The molecule has 26 heavy (non-hydrogen) atoms. The number of alkyl halides is 3. The predicted octanol–water partition coefficient (Wildman–Crippen LogP) is 3.37.